The summed E-state index contributed by atoms with van der Waals surface area (Å²) in [7, 11) is 6.14. The van der Waals surface area contributed by atoms with Crippen LogP contribution in [0.5, 0.6) is 11.5 Å². The van der Waals surface area contributed by atoms with Gasteiger partial charge in [-0.1, -0.05) is 113 Å². The fourth-order valence-corrected chi connectivity index (χ4v) is 7.48. The van der Waals surface area contributed by atoms with Crippen LogP contribution in [0.3, 0.4) is 0 Å². The second-order valence-electron chi connectivity index (χ2n) is 16.0. The zero-order chi connectivity index (χ0) is 44.1. The van der Waals surface area contributed by atoms with Crippen LogP contribution >= 0.6 is 0 Å². The smallest absolute Gasteiger partial charge is 0.330 e. The lowest BCUT2D eigenvalue weighted by Gasteiger charge is -2.53. The molecule has 0 spiro atoms. The number of methoxy groups -OCH3 is 4. The number of unbranched alkanes of at least 4 members (excludes halogenated alkanes) is 4. The van der Waals surface area contributed by atoms with Crippen LogP contribution in [-0.2, 0) is 62.6 Å². The molecule has 1 unspecified atom stereocenters. The van der Waals surface area contributed by atoms with Crippen LogP contribution in [-0.4, -0.2) is 77.2 Å². The molecule has 5 atom stereocenters. The Morgan fingerprint density at radius 2 is 1.41 bits per heavy atom. The van der Waals surface area contributed by atoms with Crippen LogP contribution in [0, 0.1) is 5.41 Å². The van der Waals surface area contributed by atoms with Crippen LogP contribution < -0.4 is 9.47 Å². The van der Waals surface area contributed by atoms with Gasteiger partial charge in [-0.3, -0.25) is 4.79 Å². The first kappa shape index (κ1) is 49.1. The minimum atomic E-state index is -1.59. The van der Waals surface area contributed by atoms with Gasteiger partial charge < -0.3 is 42.6 Å². The average molecular weight is 845 g/mol. The van der Waals surface area contributed by atoms with E-state index in [-0.39, 0.29) is 18.9 Å². The first-order valence-electron chi connectivity index (χ1n) is 21.5. The summed E-state index contributed by atoms with van der Waals surface area (Å²) in [6, 6.07) is 25.4. The van der Waals surface area contributed by atoms with Crippen molar-refractivity contribution in [2.45, 2.75) is 129 Å². The van der Waals surface area contributed by atoms with Gasteiger partial charge in [0.05, 0.1) is 66.1 Å². The Labute approximate surface area is 363 Å². The highest BCUT2D eigenvalue weighted by molar-refractivity contribution is 5.83. The zero-order valence-corrected chi connectivity index (χ0v) is 37.5. The topological polar surface area (TPSA) is 117 Å². The van der Waals surface area contributed by atoms with Gasteiger partial charge in [0, 0.05) is 31.4 Å². The van der Waals surface area contributed by atoms with E-state index in [4.69, 9.17) is 42.6 Å². The summed E-state index contributed by atoms with van der Waals surface area (Å²) < 4.78 is 54.9. The lowest BCUT2D eigenvalue weighted by atomic mass is 9.74. The van der Waals surface area contributed by atoms with E-state index >= 15 is 0 Å². The highest BCUT2D eigenvalue weighted by Crippen LogP contribution is 2.49. The van der Waals surface area contributed by atoms with Gasteiger partial charge in [-0.15, -0.1) is 0 Å². The van der Waals surface area contributed by atoms with Crippen LogP contribution in [0.2, 0.25) is 0 Å². The van der Waals surface area contributed by atoms with Gasteiger partial charge in [0.1, 0.15) is 11.5 Å². The van der Waals surface area contributed by atoms with E-state index in [1.54, 1.807) is 21.3 Å². The zero-order valence-electron chi connectivity index (χ0n) is 37.5. The molecular formula is C50H68O11. The summed E-state index contributed by atoms with van der Waals surface area (Å²) >= 11 is 0. The fraction of sp³-hybridized carbons (Fsp3) is 0.520. The van der Waals surface area contributed by atoms with Gasteiger partial charge in [-0.25, -0.2) is 4.79 Å². The minimum Gasteiger partial charge on any atom is -0.497 e. The third kappa shape index (κ3) is 15.1. The molecule has 1 fully saturated rings. The van der Waals surface area contributed by atoms with Crippen LogP contribution in [0.25, 0.3) is 0 Å². The van der Waals surface area contributed by atoms with Gasteiger partial charge in [0.15, 0.2) is 6.10 Å². The second kappa shape index (κ2) is 25.4. The minimum absolute atomic E-state index is 0.224. The summed E-state index contributed by atoms with van der Waals surface area (Å²) in [4.78, 5) is 26.8. The van der Waals surface area contributed by atoms with E-state index in [0.717, 1.165) is 53.9 Å². The molecule has 0 bridgehead atoms. The van der Waals surface area contributed by atoms with E-state index in [1.807, 2.05) is 112 Å². The van der Waals surface area contributed by atoms with Crippen molar-refractivity contribution in [3.63, 3.8) is 0 Å². The molecule has 11 heteroatoms. The van der Waals surface area contributed by atoms with Crippen LogP contribution in [0.15, 0.2) is 103 Å². The number of hydrogen-bond donors (Lipinski definition) is 0. The highest BCUT2D eigenvalue weighted by Gasteiger charge is 2.59. The van der Waals surface area contributed by atoms with E-state index < -0.39 is 41.5 Å². The molecular weight excluding hydrogens is 777 g/mol. The van der Waals surface area contributed by atoms with Crippen molar-refractivity contribution in [2.75, 3.05) is 35.0 Å². The van der Waals surface area contributed by atoms with Crippen molar-refractivity contribution in [3.8, 4) is 11.5 Å². The maximum Gasteiger partial charge on any atom is 0.330 e. The number of ether oxygens (including phenoxy) is 9. The maximum atomic E-state index is 13.7. The Balaban J connectivity index is 1.66. The molecule has 1 aliphatic rings. The lowest BCUT2D eigenvalue weighted by molar-refractivity contribution is -0.339. The summed E-state index contributed by atoms with van der Waals surface area (Å²) in [5.74, 6) is -1.03. The van der Waals surface area contributed by atoms with Crippen molar-refractivity contribution in [3.05, 3.63) is 119 Å². The quantitative estimate of drug-likeness (QED) is 0.0333. The van der Waals surface area contributed by atoms with Gasteiger partial charge >= 0.3 is 11.9 Å². The summed E-state index contributed by atoms with van der Waals surface area (Å²) in [6.07, 6.45) is 8.48. The Kier molecular flexibility index (Phi) is 20.5. The van der Waals surface area contributed by atoms with Crippen LogP contribution in [0.4, 0.5) is 0 Å². The first-order chi connectivity index (χ1) is 29.5. The highest BCUT2D eigenvalue weighted by atomic mass is 16.7. The fourth-order valence-electron chi connectivity index (χ4n) is 7.48. The number of esters is 2. The molecule has 1 saturated heterocycles. The SMILES string of the molecule is CCCCCCCC(=O)O[C@H]1/C(=C/C(=O)OC)C[C@@H](CC(OCc2ccc(OC)cc2)[C@H](C)OCc2ccccc2)O[C@@]1(OC)C(C)(C)/C=C/COCc1ccc(OC)cc1. The summed E-state index contributed by atoms with van der Waals surface area (Å²) in [6.45, 7) is 9.46. The largest absolute Gasteiger partial charge is 0.497 e. The molecule has 0 radical (unpaired) electrons. The monoisotopic (exact) mass is 844 g/mol. The first-order valence-corrected chi connectivity index (χ1v) is 21.5. The molecule has 0 amide bonds. The molecule has 0 aromatic heterocycles. The van der Waals surface area contributed by atoms with E-state index in [1.165, 1.54) is 13.2 Å². The Morgan fingerprint density at radius 3 is 2.02 bits per heavy atom. The van der Waals surface area contributed by atoms with Crippen molar-refractivity contribution in [1.29, 1.82) is 0 Å². The van der Waals surface area contributed by atoms with Crippen molar-refractivity contribution in [1.82, 2.24) is 0 Å². The van der Waals surface area contributed by atoms with E-state index in [2.05, 4.69) is 6.92 Å². The normalized spacial score (nSPS) is 19.7. The van der Waals surface area contributed by atoms with Crippen molar-refractivity contribution < 1.29 is 52.2 Å². The summed E-state index contributed by atoms with van der Waals surface area (Å²) in [5, 5.41) is 0. The third-order valence-electron chi connectivity index (χ3n) is 11.1. The molecule has 1 heterocycles. The predicted molar refractivity (Wildman–Crippen MR) is 235 cm³/mol. The number of hydrogen-bond acceptors (Lipinski definition) is 11. The lowest BCUT2D eigenvalue weighted by Crippen LogP contribution is -2.63. The molecule has 61 heavy (non-hydrogen) atoms. The molecule has 1 aliphatic heterocycles. The van der Waals surface area contributed by atoms with E-state index in [0.29, 0.717) is 44.8 Å². The maximum absolute atomic E-state index is 13.7. The number of carbonyl (C=O) groups is 2. The molecule has 3 aromatic carbocycles. The average Bonchev–Trinajstić information content (AvgIpc) is 3.27. The molecule has 0 saturated carbocycles. The van der Waals surface area contributed by atoms with Crippen molar-refractivity contribution >= 4 is 11.9 Å². The predicted octanol–water partition coefficient (Wildman–Crippen LogP) is 9.89. The third-order valence-corrected chi connectivity index (χ3v) is 11.1. The van der Waals surface area contributed by atoms with Gasteiger partial charge in [0.25, 0.3) is 0 Å². The molecule has 11 nitrogen and oxygen atoms in total. The molecule has 334 valence electrons. The Bertz CT molecular complexity index is 1790. The molecule has 3 aromatic rings. The van der Waals surface area contributed by atoms with Gasteiger partial charge in [0.2, 0.25) is 5.79 Å². The summed E-state index contributed by atoms with van der Waals surface area (Å²) in [5.41, 5.74) is 2.58. The van der Waals surface area contributed by atoms with Gasteiger partial charge in [-0.05, 0) is 66.3 Å². The molecule has 0 aliphatic carbocycles. The number of rotatable bonds is 26. The molecule has 4 rings (SSSR count). The van der Waals surface area contributed by atoms with Gasteiger partial charge in [-0.2, -0.15) is 0 Å². The Hall–Kier alpha value is -4.52. The standard InChI is InChI=1S/C50H68O11/c1-9-10-11-12-16-20-46(51)60-48-41(32-47(52)55-7)31-44(61-50(48,56-8)49(3,4)29-17-30-57-34-39-21-25-42(53-5)26-22-39)33-45(37(2)58-35-38-18-14-13-15-19-38)59-36-40-23-27-43(54-6)28-24-40/h13-15,17-19,21-29,32,37,44-45,48H,9-12,16,20,30-31,33-36H2,1-8H3/b29-17+,41-32+/t37-,44-,45?,48-,50+/m0/s1. The number of carbonyl (C=O) groups excluding carboxylic acids is 2. The van der Waals surface area contributed by atoms with Crippen LogP contribution in [0.1, 0.15) is 95.8 Å². The Morgan fingerprint density at radius 1 is 0.803 bits per heavy atom. The second-order valence-corrected chi connectivity index (χ2v) is 16.0. The van der Waals surface area contributed by atoms with E-state index in [9.17, 15) is 9.59 Å². The number of benzene rings is 3. The van der Waals surface area contributed by atoms with Crippen molar-refractivity contribution in [2.24, 2.45) is 5.41 Å². The molecule has 0 N–H and O–H groups in total.